The summed E-state index contributed by atoms with van der Waals surface area (Å²) in [6.45, 7) is 0. The van der Waals surface area contributed by atoms with E-state index in [1.807, 2.05) is 60.7 Å². The molecule has 1 atom stereocenters. The number of benzene rings is 2. The molecule has 0 spiro atoms. The fourth-order valence-electron chi connectivity index (χ4n) is 2.56. The third-order valence-electron chi connectivity index (χ3n) is 3.71. The third-order valence-corrected chi connectivity index (χ3v) is 3.71. The highest BCUT2D eigenvalue weighted by Gasteiger charge is 2.40. The van der Waals surface area contributed by atoms with Crippen LogP contribution in [0.4, 0.5) is 0 Å². The highest BCUT2D eigenvalue weighted by molar-refractivity contribution is 5.36. The van der Waals surface area contributed by atoms with Crippen LogP contribution in [-0.2, 0) is 17.0 Å². The first-order valence-electron chi connectivity index (χ1n) is 7.16. The molecule has 0 saturated carbocycles. The van der Waals surface area contributed by atoms with Crippen LogP contribution < -0.4 is 10.6 Å². The highest BCUT2D eigenvalue weighted by Crippen LogP contribution is 2.32. The molecule has 0 saturated heterocycles. The molecule has 22 heavy (non-hydrogen) atoms. The number of rotatable bonds is 4. The summed E-state index contributed by atoms with van der Waals surface area (Å²) in [5, 5.41) is 15.7. The van der Waals surface area contributed by atoms with Crippen molar-refractivity contribution in [3.05, 3.63) is 83.2 Å². The van der Waals surface area contributed by atoms with Crippen LogP contribution in [0.25, 0.3) is 0 Å². The lowest BCUT2D eigenvalue weighted by atomic mass is 10.1. The number of hydrogen-bond donors (Lipinski definition) is 2. The van der Waals surface area contributed by atoms with Gasteiger partial charge in [0.15, 0.2) is 5.70 Å². The van der Waals surface area contributed by atoms with Gasteiger partial charge in [0, 0.05) is 12.0 Å². The zero-order valence-corrected chi connectivity index (χ0v) is 12.3. The monoisotopic (exact) mass is 291 g/mol. The Hall–Kier alpha value is -2.77. The van der Waals surface area contributed by atoms with Gasteiger partial charge in [0.2, 0.25) is 0 Å². The van der Waals surface area contributed by atoms with Crippen molar-refractivity contribution in [3.63, 3.8) is 0 Å². The quantitative estimate of drug-likeness (QED) is 0.909. The van der Waals surface area contributed by atoms with E-state index in [1.165, 1.54) is 0 Å². The summed E-state index contributed by atoms with van der Waals surface area (Å²) in [5.41, 5.74) is 2.49. The van der Waals surface area contributed by atoms with Crippen LogP contribution in [0.3, 0.4) is 0 Å². The van der Waals surface area contributed by atoms with Gasteiger partial charge >= 0.3 is 0 Å². The summed E-state index contributed by atoms with van der Waals surface area (Å²) in [4.78, 5) is 0. The molecule has 4 heteroatoms. The molecule has 0 fully saturated rings. The molecule has 2 aromatic carbocycles. The summed E-state index contributed by atoms with van der Waals surface area (Å²) in [7, 11) is 1.81. The van der Waals surface area contributed by atoms with Crippen LogP contribution in [0.2, 0.25) is 0 Å². The zero-order valence-electron chi connectivity index (χ0n) is 12.3. The summed E-state index contributed by atoms with van der Waals surface area (Å²) in [5.74, 6) is -0.247. The maximum absolute atomic E-state index is 9.41. The van der Waals surface area contributed by atoms with E-state index in [0.717, 1.165) is 11.1 Å². The predicted octanol–water partition coefficient (Wildman–Crippen LogP) is 2.61. The molecule has 0 radical (unpaired) electrons. The van der Waals surface area contributed by atoms with Crippen LogP contribution >= 0.6 is 0 Å². The Morgan fingerprint density at radius 3 is 2.32 bits per heavy atom. The van der Waals surface area contributed by atoms with Crippen LogP contribution in [0.15, 0.2) is 72.1 Å². The minimum absolute atomic E-state index is 0.460. The van der Waals surface area contributed by atoms with Crippen LogP contribution in [0, 0.1) is 11.3 Å². The van der Waals surface area contributed by atoms with Gasteiger partial charge in [-0.1, -0.05) is 60.7 Å². The van der Waals surface area contributed by atoms with E-state index < -0.39 is 5.85 Å². The van der Waals surface area contributed by atoms with E-state index in [-0.39, 0.29) is 0 Å². The van der Waals surface area contributed by atoms with Gasteiger partial charge in [-0.25, -0.2) is 0 Å². The summed E-state index contributed by atoms with van der Waals surface area (Å²) in [6, 6.07) is 21.9. The molecule has 0 aromatic heterocycles. The topological polar surface area (TPSA) is 57.1 Å². The highest BCUT2D eigenvalue weighted by atomic mass is 16.5. The molecule has 3 rings (SSSR count). The van der Waals surface area contributed by atoms with Crippen molar-refractivity contribution in [1.82, 2.24) is 10.6 Å². The molecule has 2 N–H and O–H groups in total. The van der Waals surface area contributed by atoms with Crippen LogP contribution in [-0.4, -0.2) is 7.05 Å². The molecule has 1 heterocycles. The van der Waals surface area contributed by atoms with Gasteiger partial charge in [-0.05, 0) is 12.6 Å². The Bertz CT molecular complexity index is 719. The first-order valence-corrected chi connectivity index (χ1v) is 7.16. The molecule has 0 bridgehead atoms. The van der Waals surface area contributed by atoms with Gasteiger partial charge in [0.05, 0.1) is 0 Å². The molecule has 110 valence electrons. The Morgan fingerprint density at radius 2 is 1.73 bits per heavy atom. The number of nitriles is 1. The fourth-order valence-corrected chi connectivity index (χ4v) is 2.56. The Morgan fingerprint density at radius 1 is 1.09 bits per heavy atom. The molecule has 1 unspecified atom stereocenters. The first kappa shape index (κ1) is 14.2. The van der Waals surface area contributed by atoms with Crippen molar-refractivity contribution in [1.29, 1.82) is 5.26 Å². The lowest BCUT2D eigenvalue weighted by Crippen LogP contribution is -2.50. The van der Waals surface area contributed by atoms with Crippen molar-refractivity contribution >= 4 is 0 Å². The largest absolute Gasteiger partial charge is 0.452 e. The maximum Gasteiger partial charge on any atom is 0.265 e. The maximum atomic E-state index is 9.41. The van der Waals surface area contributed by atoms with Crippen LogP contribution in [0.1, 0.15) is 11.1 Å². The van der Waals surface area contributed by atoms with Crippen molar-refractivity contribution in [3.8, 4) is 6.07 Å². The predicted molar refractivity (Wildman–Crippen MR) is 84.2 cm³/mol. The van der Waals surface area contributed by atoms with E-state index in [1.54, 1.807) is 7.05 Å². The summed E-state index contributed by atoms with van der Waals surface area (Å²) < 4.78 is 6.13. The first-order chi connectivity index (χ1) is 10.8. The third kappa shape index (κ3) is 2.54. The smallest absolute Gasteiger partial charge is 0.265 e. The number of nitrogens with one attached hydrogen (secondary N) is 2. The van der Waals surface area contributed by atoms with Gasteiger partial charge < -0.3 is 10.1 Å². The van der Waals surface area contributed by atoms with Gasteiger partial charge in [-0.3, -0.25) is 5.32 Å². The molecule has 1 aliphatic rings. The summed E-state index contributed by atoms with van der Waals surface area (Å²) >= 11 is 0. The SMILES string of the molecule is CNC1(c2ccccc2)NC(C#N)=C(Cc2ccccc2)O1. The molecule has 1 aliphatic heterocycles. The van der Waals surface area contributed by atoms with Crippen molar-refractivity contribution in [2.24, 2.45) is 0 Å². The minimum atomic E-state index is -0.892. The zero-order chi connectivity index (χ0) is 15.4. The van der Waals surface area contributed by atoms with Gasteiger partial charge in [0.1, 0.15) is 11.8 Å². The van der Waals surface area contributed by atoms with Crippen LogP contribution in [0.5, 0.6) is 0 Å². The van der Waals surface area contributed by atoms with E-state index in [2.05, 4.69) is 16.7 Å². The number of hydrogen-bond acceptors (Lipinski definition) is 4. The van der Waals surface area contributed by atoms with Crippen molar-refractivity contribution in [2.75, 3.05) is 7.05 Å². The van der Waals surface area contributed by atoms with Gasteiger partial charge in [0.25, 0.3) is 5.85 Å². The Labute approximate surface area is 130 Å². The Balaban J connectivity index is 1.90. The van der Waals surface area contributed by atoms with E-state index in [0.29, 0.717) is 17.9 Å². The van der Waals surface area contributed by atoms with Crippen molar-refractivity contribution < 1.29 is 4.74 Å². The number of ether oxygens (including phenoxy) is 1. The second-order valence-corrected chi connectivity index (χ2v) is 5.10. The second-order valence-electron chi connectivity index (χ2n) is 5.10. The molecular formula is C18H17N3O. The lowest BCUT2D eigenvalue weighted by Gasteiger charge is -2.30. The average molecular weight is 291 g/mol. The molecule has 4 nitrogen and oxygen atoms in total. The molecule has 2 aromatic rings. The van der Waals surface area contributed by atoms with E-state index in [9.17, 15) is 5.26 Å². The van der Waals surface area contributed by atoms with Crippen molar-refractivity contribution in [2.45, 2.75) is 12.3 Å². The Kier molecular flexibility index (Phi) is 3.82. The molecule has 0 amide bonds. The molecular weight excluding hydrogens is 274 g/mol. The standard InChI is InChI=1S/C18H17N3O/c1-20-18(15-10-6-3-7-11-15)21-16(13-19)17(22-18)12-14-8-4-2-5-9-14/h2-11,20-21H,12H2,1H3. The number of allylic oxidation sites excluding steroid dienone is 2. The summed E-state index contributed by atoms with van der Waals surface area (Å²) in [6.07, 6.45) is 0.576. The average Bonchev–Trinajstić information content (AvgIpc) is 2.96. The number of nitrogens with zero attached hydrogens (tertiary/aromatic N) is 1. The lowest BCUT2D eigenvalue weighted by molar-refractivity contribution is -0.0246. The fraction of sp³-hybridized carbons (Fsp3) is 0.167. The van der Waals surface area contributed by atoms with Gasteiger partial charge in [-0.2, -0.15) is 5.26 Å². The minimum Gasteiger partial charge on any atom is -0.452 e. The second kappa shape index (κ2) is 5.92. The molecule has 0 aliphatic carbocycles. The van der Waals surface area contributed by atoms with Gasteiger partial charge in [-0.15, -0.1) is 0 Å². The van der Waals surface area contributed by atoms with E-state index in [4.69, 9.17) is 4.74 Å². The normalized spacial score (nSPS) is 20.2. The van der Waals surface area contributed by atoms with E-state index >= 15 is 0 Å².